The molecule has 2 fully saturated rings. The fourth-order valence-corrected chi connectivity index (χ4v) is 4.30. The summed E-state index contributed by atoms with van der Waals surface area (Å²) in [5, 5.41) is 17.8. The number of likely N-dealkylation sites (tertiary alicyclic amines) is 1. The van der Waals surface area contributed by atoms with Crippen LogP contribution < -0.4 is 5.73 Å². The van der Waals surface area contributed by atoms with E-state index in [1.165, 1.54) is 0 Å². The molecule has 158 valence electrons. The van der Waals surface area contributed by atoms with Gasteiger partial charge in [0.2, 0.25) is 0 Å². The molecule has 5 nitrogen and oxygen atoms in total. The van der Waals surface area contributed by atoms with Crippen LogP contribution in [0.25, 0.3) is 0 Å². The minimum Gasteiger partial charge on any atom is -0.401 e. The number of hydrogen-bond acceptors (Lipinski definition) is 4. The molecule has 1 heterocycles. The second-order valence-corrected chi connectivity index (χ2v) is 8.92. The highest BCUT2D eigenvalue weighted by Gasteiger charge is 2.33. The molecule has 1 saturated carbocycles. The van der Waals surface area contributed by atoms with Crippen molar-refractivity contribution in [3.63, 3.8) is 0 Å². The van der Waals surface area contributed by atoms with Crippen LogP contribution in [0.5, 0.6) is 0 Å². The van der Waals surface area contributed by atoms with Gasteiger partial charge in [0, 0.05) is 41.7 Å². The van der Waals surface area contributed by atoms with Crippen molar-refractivity contribution in [3.05, 3.63) is 80.5 Å². The molecule has 0 unspecified atom stereocenters. The van der Waals surface area contributed by atoms with E-state index in [0.717, 1.165) is 29.5 Å². The largest absolute Gasteiger partial charge is 0.401 e. The fraction of sp³-hybridized carbons (Fsp3) is 0.320. The van der Waals surface area contributed by atoms with Crippen molar-refractivity contribution in [1.82, 2.24) is 4.90 Å². The third kappa shape index (κ3) is 4.08. The molecule has 1 aliphatic heterocycles. The molecule has 3 N–H and O–H groups in total. The minimum atomic E-state index is -0.0355. The number of allylic oxidation sites excluding steroid dienone is 2. The monoisotopic (exact) mass is 432 g/mol. The molecule has 0 atom stereocenters. The van der Waals surface area contributed by atoms with Gasteiger partial charge in [-0.2, -0.15) is 5.26 Å². The number of amides is 1. The lowest BCUT2D eigenvalue weighted by Gasteiger charge is -2.40. The van der Waals surface area contributed by atoms with Crippen molar-refractivity contribution >= 4 is 23.2 Å². The molecule has 4 rings (SSSR count). The molecule has 2 aromatic carbocycles. The van der Waals surface area contributed by atoms with Crippen LogP contribution in [0.3, 0.4) is 0 Å². The fourth-order valence-electron chi connectivity index (χ4n) is 4.04. The summed E-state index contributed by atoms with van der Waals surface area (Å²) < 4.78 is 0. The first-order chi connectivity index (χ1) is 14.8. The number of carbonyl (C=O) groups is 1. The van der Waals surface area contributed by atoms with Gasteiger partial charge in [-0.1, -0.05) is 29.8 Å². The summed E-state index contributed by atoms with van der Waals surface area (Å²) >= 11 is 6.42. The predicted octanol–water partition coefficient (Wildman–Crippen LogP) is 4.60. The second kappa shape index (κ2) is 8.20. The highest BCUT2D eigenvalue weighted by Crippen LogP contribution is 2.37. The van der Waals surface area contributed by atoms with Crippen LogP contribution in [-0.2, 0) is 0 Å². The average Bonchev–Trinajstić information content (AvgIpc) is 3.57. The molecule has 1 aliphatic carbocycles. The Morgan fingerprint density at radius 2 is 1.74 bits per heavy atom. The Morgan fingerprint density at radius 1 is 1.13 bits per heavy atom. The average molecular weight is 433 g/mol. The second-order valence-electron chi connectivity index (χ2n) is 8.54. The first-order valence-electron chi connectivity index (χ1n) is 10.4. The van der Waals surface area contributed by atoms with E-state index in [1.54, 1.807) is 6.07 Å². The Kier molecular flexibility index (Phi) is 5.60. The van der Waals surface area contributed by atoms with Crippen molar-refractivity contribution < 1.29 is 4.79 Å². The van der Waals surface area contributed by atoms with Crippen LogP contribution in [0.2, 0.25) is 0 Å². The number of rotatable bonds is 5. The van der Waals surface area contributed by atoms with Crippen LogP contribution >= 0.6 is 11.6 Å². The summed E-state index contributed by atoms with van der Waals surface area (Å²) in [7, 11) is 0. The third-order valence-corrected chi connectivity index (χ3v) is 6.65. The summed E-state index contributed by atoms with van der Waals surface area (Å²) in [5.74, 6) is 0.516. The van der Waals surface area contributed by atoms with Gasteiger partial charge >= 0.3 is 0 Å². The third-order valence-electron chi connectivity index (χ3n) is 6.24. The van der Waals surface area contributed by atoms with E-state index in [1.807, 2.05) is 49.1 Å². The van der Waals surface area contributed by atoms with Crippen LogP contribution in [0.1, 0.15) is 56.9 Å². The van der Waals surface area contributed by atoms with Crippen molar-refractivity contribution in [2.45, 2.75) is 32.6 Å². The van der Waals surface area contributed by atoms with Crippen LogP contribution in [0.15, 0.2) is 47.1 Å². The molecule has 6 heteroatoms. The number of benzene rings is 2. The quantitative estimate of drug-likeness (QED) is 0.676. The molecule has 0 aromatic heterocycles. The lowest BCUT2D eigenvalue weighted by Crippen LogP contribution is -2.48. The van der Waals surface area contributed by atoms with Crippen LogP contribution in [0.4, 0.5) is 0 Å². The molecule has 0 radical (unpaired) electrons. The lowest BCUT2D eigenvalue weighted by atomic mass is 9.89. The summed E-state index contributed by atoms with van der Waals surface area (Å²) in [4.78, 5) is 15.0. The summed E-state index contributed by atoms with van der Waals surface area (Å²) in [6.45, 7) is 5.12. The predicted molar refractivity (Wildman–Crippen MR) is 122 cm³/mol. The van der Waals surface area contributed by atoms with Crippen LogP contribution in [-0.4, -0.2) is 29.6 Å². The van der Waals surface area contributed by atoms with Gasteiger partial charge in [0.25, 0.3) is 5.91 Å². The smallest absolute Gasteiger partial charge is 0.254 e. The first kappa shape index (κ1) is 21.1. The zero-order chi connectivity index (χ0) is 22.3. The normalized spacial score (nSPS) is 16.9. The zero-order valence-electron chi connectivity index (χ0n) is 17.7. The number of nitriles is 1. The van der Waals surface area contributed by atoms with Gasteiger partial charge in [0.1, 0.15) is 0 Å². The highest BCUT2D eigenvalue weighted by atomic mass is 35.5. The Bertz CT molecular complexity index is 1130. The van der Waals surface area contributed by atoms with Crippen molar-refractivity contribution in [3.8, 4) is 6.07 Å². The van der Waals surface area contributed by atoms with Crippen molar-refractivity contribution in [1.29, 1.82) is 10.7 Å². The molecule has 31 heavy (non-hydrogen) atoms. The van der Waals surface area contributed by atoms with E-state index in [2.05, 4.69) is 6.07 Å². The molecule has 1 saturated heterocycles. The molecular weight excluding hydrogens is 408 g/mol. The Hall–Kier alpha value is -3.10. The lowest BCUT2D eigenvalue weighted by molar-refractivity contribution is 0.0601. The van der Waals surface area contributed by atoms with E-state index < -0.39 is 0 Å². The van der Waals surface area contributed by atoms with E-state index in [0.29, 0.717) is 35.5 Å². The Labute approximate surface area is 187 Å². The number of halogens is 1. The molecule has 1 amide bonds. The number of nitrogens with two attached hydrogens (primary N) is 1. The topological polar surface area (TPSA) is 94.0 Å². The summed E-state index contributed by atoms with van der Waals surface area (Å²) in [5.41, 5.74) is 11.7. The number of carbonyl (C=O) groups excluding carboxylic acids is 1. The SMILES string of the molecule is Cc1cc(C)c(C(=O)N2CC(c3ccc(C#N)cc3)C2)cc1C(=N)C(Cl)=C(N)C1CC1. The van der Waals surface area contributed by atoms with Gasteiger partial charge in [0.15, 0.2) is 0 Å². The summed E-state index contributed by atoms with van der Waals surface area (Å²) in [6.07, 6.45) is 2.03. The number of hydrogen-bond donors (Lipinski definition) is 2. The maximum atomic E-state index is 13.2. The zero-order valence-corrected chi connectivity index (χ0v) is 18.5. The van der Waals surface area contributed by atoms with Gasteiger partial charge in [-0.15, -0.1) is 0 Å². The standard InChI is InChI=1S/C25H25ClN4O/c1-14-9-15(2)21(10-20(14)24(29)22(26)23(28)18-7-8-18)25(31)30-12-19(13-30)17-5-3-16(11-27)4-6-17/h3-6,9-10,18-19,29H,7-8,12-13,28H2,1-2H3. The van der Waals surface area contributed by atoms with E-state index in [-0.39, 0.29) is 28.5 Å². The number of aryl methyl sites for hydroxylation is 2. The maximum absolute atomic E-state index is 13.2. The van der Waals surface area contributed by atoms with Crippen molar-refractivity contribution in [2.75, 3.05) is 13.1 Å². The van der Waals surface area contributed by atoms with Crippen LogP contribution in [0, 0.1) is 36.5 Å². The maximum Gasteiger partial charge on any atom is 0.254 e. The number of nitrogens with zero attached hydrogens (tertiary/aromatic N) is 2. The van der Waals surface area contributed by atoms with Gasteiger partial charge in [-0.25, -0.2) is 0 Å². The van der Waals surface area contributed by atoms with Gasteiger partial charge < -0.3 is 10.6 Å². The molecule has 0 spiro atoms. The minimum absolute atomic E-state index is 0.0355. The highest BCUT2D eigenvalue weighted by molar-refractivity contribution is 6.46. The first-order valence-corrected chi connectivity index (χ1v) is 10.8. The molecule has 2 aliphatic rings. The Balaban J connectivity index is 1.52. The van der Waals surface area contributed by atoms with Gasteiger partial charge in [-0.05, 0) is 61.6 Å². The van der Waals surface area contributed by atoms with E-state index in [9.17, 15) is 4.79 Å². The van der Waals surface area contributed by atoms with E-state index >= 15 is 0 Å². The molecule has 0 bridgehead atoms. The Morgan fingerprint density at radius 3 is 2.32 bits per heavy atom. The summed E-state index contributed by atoms with van der Waals surface area (Å²) in [6, 6.07) is 13.4. The van der Waals surface area contributed by atoms with Gasteiger partial charge in [-0.3, -0.25) is 10.2 Å². The number of nitrogens with one attached hydrogen (secondary N) is 1. The molecular formula is C25H25ClN4O. The van der Waals surface area contributed by atoms with Gasteiger partial charge in [0.05, 0.1) is 22.4 Å². The van der Waals surface area contributed by atoms with Crippen molar-refractivity contribution in [2.24, 2.45) is 11.7 Å². The molecule has 2 aromatic rings. The van der Waals surface area contributed by atoms with E-state index in [4.69, 9.17) is 28.0 Å².